The molecule has 0 fully saturated rings. The lowest BCUT2D eigenvalue weighted by Crippen LogP contribution is -2.49. The van der Waals surface area contributed by atoms with Crippen LogP contribution in [0.25, 0.3) is 0 Å². The minimum atomic E-state index is -0.220. The molecule has 0 spiro atoms. The van der Waals surface area contributed by atoms with Gasteiger partial charge >= 0.3 is 0 Å². The smallest absolute Gasteiger partial charge is 0.0607 e. The Balaban J connectivity index is 2.65. The minimum absolute atomic E-state index is 0.152. The van der Waals surface area contributed by atoms with Gasteiger partial charge in [-0.05, 0) is 32.3 Å². The first-order valence-corrected chi connectivity index (χ1v) is 5.90. The van der Waals surface area contributed by atoms with Crippen molar-refractivity contribution in [2.75, 3.05) is 6.61 Å². The van der Waals surface area contributed by atoms with Crippen LogP contribution >= 0.6 is 0 Å². The van der Waals surface area contributed by atoms with Crippen molar-refractivity contribution < 1.29 is 5.11 Å². The highest BCUT2D eigenvalue weighted by Crippen LogP contribution is 2.20. The highest BCUT2D eigenvalue weighted by molar-refractivity contribution is 5.20. The summed E-state index contributed by atoms with van der Waals surface area (Å²) in [6.07, 6.45) is 0. The fourth-order valence-corrected chi connectivity index (χ4v) is 1.83. The number of hydrogen-bond acceptors (Lipinski definition) is 2. The summed E-state index contributed by atoms with van der Waals surface area (Å²) in [7, 11) is 0. The molecule has 0 heterocycles. The third kappa shape index (κ3) is 3.62. The molecule has 0 aliphatic heterocycles. The van der Waals surface area contributed by atoms with Gasteiger partial charge in [0.1, 0.15) is 0 Å². The normalized spacial score (nSPS) is 15.8. The van der Waals surface area contributed by atoms with Gasteiger partial charge in [0, 0.05) is 11.6 Å². The predicted molar refractivity (Wildman–Crippen MR) is 68.6 cm³/mol. The SMILES string of the molecule is CC(NC(C)(C)CO)C(C)c1ccccc1. The van der Waals surface area contributed by atoms with Gasteiger partial charge < -0.3 is 10.4 Å². The monoisotopic (exact) mass is 221 g/mol. The molecule has 2 N–H and O–H groups in total. The van der Waals surface area contributed by atoms with Gasteiger partial charge in [-0.1, -0.05) is 37.3 Å². The van der Waals surface area contributed by atoms with Crippen molar-refractivity contribution in [2.24, 2.45) is 0 Å². The number of nitrogens with one attached hydrogen (secondary N) is 1. The van der Waals surface area contributed by atoms with Crippen LogP contribution in [0.2, 0.25) is 0 Å². The Bertz CT molecular complexity index is 308. The van der Waals surface area contributed by atoms with Gasteiger partial charge in [0.2, 0.25) is 0 Å². The second-order valence-electron chi connectivity index (χ2n) is 5.17. The molecule has 90 valence electrons. The van der Waals surface area contributed by atoms with E-state index >= 15 is 0 Å². The lowest BCUT2D eigenvalue weighted by Gasteiger charge is -2.31. The second kappa shape index (κ2) is 5.46. The maximum absolute atomic E-state index is 9.23. The average molecular weight is 221 g/mol. The van der Waals surface area contributed by atoms with E-state index in [1.54, 1.807) is 0 Å². The van der Waals surface area contributed by atoms with Crippen molar-refractivity contribution in [2.45, 2.75) is 45.2 Å². The minimum Gasteiger partial charge on any atom is -0.394 e. The van der Waals surface area contributed by atoms with E-state index in [9.17, 15) is 5.11 Å². The lowest BCUT2D eigenvalue weighted by atomic mass is 9.92. The van der Waals surface area contributed by atoms with E-state index in [-0.39, 0.29) is 12.1 Å². The summed E-state index contributed by atoms with van der Waals surface area (Å²) in [6.45, 7) is 8.55. The number of hydrogen-bond donors (Lipinski definition) is 2. The zero-order chi connectivity index (χ0) is 12.2. The van der Waals surface area contributed by atoms with Gasteiger partial charge in [-0.3, -0.25) is 0 Å². The van der Waals surface area contributed by atoms with Crippen molar-refractivity contribution in [1.29, 1.82) is 0 Å². The first-order chi connectivity index (χ1) is 7.46. The van der Waals surface area contributed by atoms with E-state index < -0.39 is 0 Å². The summed E-state index contributed by atoms with van der Waals surface area (Å²) < 4.78 is 0. The fourth-order valence-electron chi connectivity index (χ4n) is 1.83. The van der Waals surface area contributed by atoms with Crippen LogP contribution in [0.3, 0.4) is 0 Å². The number of rotatable bonds is 5. The molecule has 2 nitrogen and oxygen atoms in total. The van der Waals surface area contributed by atoms with E-state index in [0.29, 0.717) is 12.0 Å². The summed E-state index contributed by atoms with van der Waals surface area (Å²) in [4.78, 5) is 0. The van der Waals surface area contributed by atoms with Crippen LogP contribution in [-0.2, 0) is 0 Å². The van der Waals surface area contributed by atoms with Gasteiger partial charge in [-0.25, -0.2) is 0 Å². The summed E-state index contributed by atoms with van der Waals surface area (Å²) in [5.74, 6) is 0.437. The summed E-state index contributed by atoms with van der Waals surface area (Å²) in [6, 6.07) is 10.8. The molecule has 0 bridgehead atoms. The molecule has 0 amide bonds. The Morgan fingerprint density at radius 1 is 1.19 bits per heavy atom. The second-order valence-corrected chi connectivity index (χ2v) is 5.17. The predicted octanol–water partition coefficient (Wildman–Crippen LogP) is 2.54. The largest absolute Gasteiger partial charge is 0.394 e. The molecule has 2 atom stereocenters. The standard InChI is InChI=1S/C14H23NO/c1-11(13-8-6-5-7-9-13)12(2)15-14(3,4)10-16/h5-9,11-12,15-16H,10H2,1-4H3. The number of benzene rings is 1. The molecule has 16 heavy (non-hydrogen) atoms. The summed E-state index contributed by atoms with van der Waals surface area (Å²) >= 11 is 0. The van der Waals surface area contributed by atoms with Crippen molar-refractivity contribution in [3.05, 3.63) is 35.9 Å². The molecule has 0 aromatic heterocycles. The van der Waals surface area contributed by atoms with E-state index in [1.807, 2.05) is 19.9 Å². The molecule has 1 aromatic rings. The Labute approximate surface area is 98.7 Å². The third-order valence-corrected chi connectivity index (χ3v) is 3.09. The summed E-state index contributed by atoms with van der Waals surface area (Å²) in [5.41, 5.74) is 1.11. The maximum atomic E-state index is 9.23. The molecule has 1 aromatic carbocycles. The van der Waals surface area contributed by atoms with Crippen LogP contribution in [0.5, 0.6) is 0 Å². The highest BCUT2D eigenvalue weighted by Gasteiger charge is 2.22. The van der Waals surface area contributed by atoms with Crippen LogP contribution in [-0.4, -0.2) is 23.3 Å². The maximum Gasteiger partial charge on any atom is 0.0607 e. The van der Waals surface area contributed by atoms with Crippen LogP contribution < -0.4 is 5.32 Å². The number of aliphatic hydroxyl groups is 1. The molecule has 0 saturated heterocycles. The van der Waals surface area contributed by atoms with Gasteiger partial charge in [-0.15, -0.1) is 0 Å². The van der Waals surface area contributed by atoms with Crippen molar-refractivity contribution in [3.8, 4) is 0 Å². The Kier molecular flexibility index (Phi) is 4.51. The van der Waals surface area contributed by atoms with E-state index in [4.69, 9.17) is 0 Å². The lowest BCUT2D eigenvalue weighted by molar-refractivity contribution is 0.173. The van der Waals surface area contributed by atoms with Crippen LogP contribution in [0.4, 0.5) is 0 Å². The van der Waals surface area contributed by atoms with Crippen molar-refractivity contribution >= 4 is 0 Å². The molecule has 1 rings (SSSR count). The summed E-state index contributed by atoms with van der Waals surface area (Å²) in [5, 5.41) is 12.7. The zero-order valence-corrected chi connectivity index (χ0v) is 10.7. The first-order valence-electron chi connectivity index (χ1n) is 5.90. The highest BCUT2D eigenvalue weighted by atomic mass is 16.3. The molecule has 0 aliphatic rings. The van der Waals surface area contributed by atoms with Crippen molar-refractivity contribution in [3.63, 3.8) is 0 Å². The van der Waals surface area contributed by atoms with E-state index in [0.717, 1.165) is 0 Å². The number of aliphatic hydroxyl groups excluding tert-OH is 1. The zero-order valence-electron chi connectivity index (χ0n) is 10.7. The van der Waals surface area contributed by atoms with E-state index in [2.05, 4.69) is 43.4 Å². The Hall–Kier alpha value is -0.860. The topological polar surface area (TPSA) is 32.3 Å². The molecule has 0 aliphatic carbocycles. The quantitative estimate of drug-likeness (QED) is 0.801. The van der Waals surface area contributed by atoms with Crippen LogP contribution in [0.1, 0.15) is 39.2 Å². The molecule has 2 heteroatoms. The molecule has 2 unspecified atom stereocenters. The van der Waals surface area contributed by atoms with Crippen LogP contribution in [0, 0.1) is 0 Å². The molecular weight excluding hydrogens is 198 g/mol. The third-order valence-electron chi connectivity index (χ3n) is 3.09. The van der Waals surface area contributed by atoms with Crippen molar-refractivity contribution in [1.82, 2.24) is 5.32 Å². The fraction of sp³-hybridized carbons (Fsp3) is 0.571. The molecule has 0 radical (unpaired) electrons. The van der Waals surface area contributed by atoms with E-state index in [1.165, 1.54) is 5.56 Å². The molecule has 0 saturated carbocycles. The first kappa shape index (κ1) is 13.2. The van der Waals surface area contributed by atoms with Crippen LogP contribution in [0.15, 0.2) is 30.3 Å². The Morgan fingerprint density at radius 2 is 1.75 bits per heavy atom. The average Bonchev–Trinajstić information content (AvgIpc) is 2.28. The Morgan fingerprint density at radius 3 is 2.25 bits per heavy atom. The van der Waals surface area contributed by atoms with Gasteiger partial charge in [0.25, 0.3) is 0 Å². The van der Waals surface area contributed by atoms with Gasteiger partial charge in [0.15, 0.2) is 0 Å². The van der Waals surface area contributed by atoms with Gasteiger partial charge in [0.05, 0.1) is 6.61 Å². The molecular formula is C14H23NO. The van der Waals surface area contributed by atoms with Gasteiger partial charge in [-0.2, -0.15) is 0 Å².